The number of carboxylic acid groups (broad SMARTS) is 1. The van der Waals surface area contributed by atoms with Crippen LogP contribution in [0.5, 0.6) is 0 Å². The first-order chi connectivity index (χ1) is 9.01. The fraction of sp³-hybridized carbons (Fsp3) is 0.545. The third kappa shape index (κ3) is 6.14. The Morgan fingerprint density at radius 3 is 2.95 bits per heavy atom. The second-order valence-corrected chi connectivity index (χ2v) is 5.09. The Kier molecular flexibility index (Phi) is 6.20. The maximum absolute atomic E-state index is 11.6. The van der Waals surface area contributed by atoms with Crippen LogP contribution in [-0.2, 0) is 11.3 Å². The zero-order valence-corrected chi connectivity index (χ0v) is 11.7. The average Bonchev–Trinajstić information content (AvgIpc) is 2.72. The van der Waals surface area contributed by atoms with Gasteiger partial charge in [-0.15, -0.1) is 0 Å². The molecule has 1 aromatic heterocycles. The Morgan fingerprint density at radius 1 is 1.58 bits per heavy atom. The summed E-state index contributed by atoms with van der Waals surface area (Å²) in [4.78, 5) is 22.1. The summed E-state index contributed by atoms with van der Waals surface area (Å²) in [5.74, 6) is 0.00244. The number of nitrogens with one attached hydrogen (secondary N) is 2. The molecule has 0 spiro atoms. The minimum absolute atomic E-state index is 0.0847. The molecule has 0 aliphatic heterocycles. The number of hydrogen-bond donors (Lipinski definition) is 3. The van der Waals surface area contributed by atoms with E-state index in [0.29, 0.717) is 5.69 Å². The van der Waals surface area contributed by atoms with Crippen LogP contribution in [0.1, 0.15) is 13.3 Å². The number of carbonyl (C=O) groups excluding carboxylic acids is 1. The summed E-state index contributed by atoms with van der Waals surface area (Å²) in [6.45, 7) is 1.71. The molecule has 8 heteroatoms. The van der Waals surface area contributed by atoms with E-state index in [1.807, 2.05) is 13.2 Å². The van der Waals surface area contributed by atoms with Crippen LogP contribution < -0.4 is 10.6 Å². The van der Waals surface area contributed by atoms with Crippen molar-refractivity contribution in [3.63, 3.8) is 0 Å². The molecule has 1 atom stereocenters. The summed E-state index contributed by atoms with van der Waals surface area (Å²) in [5, 5.41) is 17.8. The number of hydrogen-bond acceptors (Lipinski definition) is 4. The fourth-order valence-corrected chi connectivity index (χ4v) is 2.00. The summed E-state index contributed by atoms with van der Waals surface area (Å²) in [6.07, 6.45) is 5.80. The van der Waals surface area contributed by atoms with Crippen molar-refractivity contribution >= 4 is 29.4 Å². The average molecular weight is 286 g/mol. The maximum atomic E-state index is 11.6. The minimum atomic E-state index is -0.982. The van der Waals surface area contributed by atoms with Gasteiger partial charge >= 0.3 is 12.0 Å². The van der Waals surface area contributed by atoms with Gasteiger partial charge in [-0.2, -0.15) is 16.9 Å². The van der Waals surface area contributed by atoms with E-state index in [1.165, 1.54) is 17.1 Å². The zero-order valence-electron chi connectivity index (χ0n) is 10.9. The minimum Gasteiger partial charge on any atom is -0.480 e. The zero-order chi connectivity index (χ0) is 14.3. The summed E-state index contributed by atoms with van der Waals surface area (Å²) < 4.78 is 1.25. The van der Waals surface area contributed by atoms with Gasteiger partial charge in [-0.1, -0.05) is 0 Å². The Bertz CT molecular complexity index is 435. The van der Waals surface area contributed by atoms with E-state index < -0.39 is 5.97 Å². The SMILES string of the molecule is CSCCC(C)NC(=O)Nc1cnn(CC(=O)O)c1. The van der Waals surface area contributed by atoms with Crippen molar-refractivity contribution in [2.45, 2.75) is 25.9 Å². The van der Waals surface area contributed by atoms with E-state index in [0.717, 1.165) is 12.2 Å². The molecule has 3 N–H and O–H groups in total. The second-order valence-electron chi connectivity index (χ2n) is 4.10. The number of amides is 2. The van der Waals surface area contributed by atoms with Gasteiger partial charge in [0.15, 0.2) is 0 Å². The Labute approximate surface area is 115 Å². The van der Waals surface area contributed by atoms with E-state index in [-0.39, 0.29) is 18.6 Å². The van der Waals surface area contributed by atoms with E-state index in [9.17, 15) is 9.59 Å². The van der Waals surface area contributed by atoms with Crippen molar-refractivity contribution in [2.24, 2.45) is 0 Å². The molecule has 106 valence electrons. The lowest BCUT2D eigenvalue weighted by Gasteiger charge is -2.13. The molecular weight excluding hydrogens is 268 g/mol. The first-order valence-electron chi connectivity index (χ1n) is 5.82. The van der Waals surface area contributed by atoms with Gasteiger partial charge < -0.3 is 15.7 Å². The molecule has 0 aromatic carbocycles. The number of nitrogens with zero attached hydrogens (tertiary/aromatic N) is 2. The molecule has 0 aliphatic rings. The normalized spacial score (nSPS) is 11.9. The number of anilines is 1. The van der Waals surface area contributed by atoms with Crippen LogP contribution >= 0.6 is 11.8 Å². The molecule has 1 unspecified atom stereocenters. The number of urea groups is 1. The summed E-state index contributed by atoms with van der Waals surface area (Å²) in [6, 6.07) is -0.231. The van der Waals surface area contributed by atoms with Crippen molar-refractivity contribution in [1.82, 2.24) is 15.1 Å². The highest BCUT2D eigenvalue weighted by atomic mass is 32.2. The number of thioether (sulfide) groups is 1. The van der Waals surface area contributed by atoms with Gasteiger partial charge in [0.05, 0.1) is 11.9 Å². The van der Waals surface area contributed by atoms with Crippen LogP contribution in [0.2, 0.25) is 0 Å². The molecule has 0 bridgehead atoms. The number of carboxylic acids is 1. The predicted molar refractivity (Wildman–Crippen MR) is 74.5 cm³/mol. The van der Waals surface area contributed by atoms with E-state index in [2.05, 4.69) is 15.7 Å². The molecular formula is C11H18N4O3S. The van der Waals surface area contributed by atoms with Gasteiger partial charge in [-0.3, -0.25) is 9.48 Å². The Balaban J connectivity index is 2.39. The molecule has 0 saturated carbocycles. The summed E-state index contributed by atoms with van der Waals surface area (Å²) >= 11 is 1.73. The summed E-state index contributed by atoms with van der Waals surface area (Å²) in [7, 11) is 0. The second kappa shape index (κ2) is 7.67. The molecule has 0 aliphatic carbocycles. The van der Waals surface area contributed by atoms with Crippen LogP contribution in [0.15, 0.2) is 12.4 Å². The van der Waals surface area contributed by atoms with Gasteiger partial charge in [-0.05, 0) is 25.4 Å². The van der Waals surface area contributed by atoms with Crippen LogP contribution in [0.4, 0.5) is 10.5 Å². The maximum Gasteiger partial charge on any atom is 0.325 e. The number of carbonyl (C=O) groups is 2. The lowest BCUT2D eigenvalue weighted by Crippen LogP contribution is -2.36. The molecule has 2 amide bonds. The third-order valence-corrected chi connectivity index (χ3v) is 2.96. The molecule has 1 heterocycles. The number of rotatable bonds is 7. The van der Waals surface area contributed by atoms with Gasteiger partial charge in [-0.25, -0.2) is 4.79 Å². The predicted octanol–water partition coefficient (Wildman–Crippen LogP) is 1.23. The first kappa shape index (κ1) is 15.4. The van der Waals surface area contributed by atoms with Crippen molar-refractivity contribution in [3.8, 4) is 0 Å². The molecule has 0 saturated heterocycles. The smallest absolute Gasteiger partial charge is 0.325 e. The highest BCUT2D eigenvalue weighted by Crippen LogP contribution is 2.05. The van der Waals surface area contributed by atoms with E-state index in [1.54, 1.807) is 11.8 Å². The van der Waals surface area contributed by atoms with Crippen molar-refractivity contribution < 1.29 is 14.7 Å². The number of aromatic nitrogens is 2. The van der Waals surface area contributed by atoms with Gasteiger partial charge in [0.25, 0.3) is 0 Å². The van der Waals surface area contributed by atoms with Crippen LogP contribution in [-0.4, -0.2) is 44.9 Å². The van der Waals surface area contributed by atoms with Crippen LogP contribution in [0.25, 0.3) is 0 Å². The monoisotopic (exact) mass is 286 g/mol. The van der Waals surface area contributed by atoms with Crippen molar-refractivity contribution in [3.05, 3.63) is 12.4 Å². The highest BCUT2D eigenvalue weighted by molar-refractivity contribution is 7.98. The highest BCUT2D eigenvalue weighted by Gasteiger charge is 2.09. The van der Waals surface area contributed by atoms with Crippen LogP contribution in [0.3, 0.4) is 0 Å². The molecule has 7 nitrogen and oxygen atoms in total. The van der Waals surface area contributed by atoms with Gasteiger partial charge in [0.1, 0.15) is 6.54 Å². The fourth-order valence-electron chi connectivity index (χ4n) is 1.41. The lowest BCUT2D eigenvalue weighted by atomic mass is 10.3. The quantitative estimate of drug-likeness (QED) is 0.700. The van der Waals surface area contributed by atoms with Crippen molar-refractivity contribution in [1.29, 1.82) is 0 Å². The third-order valence-electron chi connectivity index (χ3n) is 2.32. The van der Waals surface area contributed by atoms with Gasteiger partial charge in [0, 0.05) is 12.2 Å². The van der Waals surface area contributed by atoms with Crippen molar-refractivity contribution in [2.75, 3.05) is 17.3 Å². The molecule has 1 aromatic rings. The summed E-state index contributed by atoms with van der Waals surface area (Å²) in [5.41, 5.74) is 0.468. The molecule has 0 fully saturated rings. The first-order valence-corrected chi connectivity index (χ1v) is 7.21. The largest absolute Gasteiger partial charge is 0.480 e. The van der Waals surface area contributed by atoms with E-state index in [4.69, 9.17) is 5.11 Å². The van der Waals surface area contributed by atoms with Crippen LogP contribution in [0, 0.1) is 0 Å². The van der Waals surface area contributed by atoms with E-state index >= 15 is 0 Å². The topological polar surface area (TPSA) is 96.3 Å². The Hall–Kier alpha value is -1.70. The number of aliphatic carboxylic acids is 1. The standard InChI is InChI=1S/C11H18N4O3S/c1-8(3-4-19-2)13-11(18)14-9-5-12-15(6-9)7-10(16)17/h5-6,8H,3-4,7H2,1-2H3,(H,16,17)(H2,13,14,18). The molecule has 0 radical (unpaired) electrons. The lowest BCUT2D eigenvalue weighted by molar-refractivity contribution is -0.137. The van der Waals surface area contributed by atoms with Gasteiger partial charge in [0.2, 0.25) is 0 Å². The Morgan fingerprint density at radius 2 is 2.32 bits per heavy atom. The molecule has 19 heavy (non-hydrogen) atoms. The molecule has 1 rings (SSSR count).